The van der Waals surface area contributed by atoms with E-state index in [1.165, 1.54) is 12.4 Å². The van der Waals surface area contributed by atoms with Crippen molar-refractivity contribution in [1.29, 1.82) is 0 Å². The Balaban J connectivity index is 1.95. The molecule has 0 fully saturated rings. The highest BCUT2D eigenvalue weighted by Gasteiger charge is 2.20. The van der Waals surface area contributed by atoms with E-state index in [1.807, 2.05) is 50.2 Å². The van der Waals surface area contributed by atoms with E-state index in [-0.39, 0.29) is 11.4 Å². The third kappa shape index (κ3) is 4.27. The van der Waals surface area contributed by atoms with Gasteiger partial charge in [0.05, 0.1) is 0 Å². The Labute approximate surface area is 207 Å². The van der Waals surface area contributed by atoms with Gasteiger partial charge in [-0.2, -0.15) is 0 Å². The summed E-state index contributed by atoms with van der Waals surface area (Å²) in [5.74, 6) is -1.40. The molecule has 2 heterocycles. The number of primary amides is 2. The number of carbonyl (C=O) groups is 4. The van der Waals surface area contributed by atoms with Gasteiger partial charge in [0.15, 0.2) is 12.6 Å². The average Bonchev–Trinajstić information content (AvgIpc) is 2.88. The van der Waals surface area contributed by atoms with Crippen LogP contribution in [0.25, 0.3) is 33.4 Å². The van der Waals surface area contributed by atoms with Crippen LogP contribution in [0.3, 0.4) is 0 Å². The minimum Gasteiger partial charge on any atom is -0.364 e. The fourth-order valence-electron chi connectivity index (χ4n) is 4.33. The number of nitrogens with two attached hydrogens (primary N) is 2. The van der Waals surface area contributed by atoms with Crippen LogP contribution < -0.4 is 11.5 Å². The zero-order chi connectivity index (χ0) is 26.0. The molecule has 0 spiro atoms. The van der Waals surface area contributed by atoms with Gasteiger partial charge in [0, 0.05) is 34.6 Å². The number of carbonyl (C=O) groups excluding carboxylic acids is 4. The van der Waals surface area contributed by atoms with Crippen LogP contribution in [0.2, 0.25) is 0 Å². The lowest BCUT2D eigenvalue weighted by Gasteiger charge is -2.18. The number of aromatic nitrogens is 2. The molecule has 0 atom stereocenters. The molecule has 0 aliphatic rings. The summed E-state index contributed by atoms with van der Waals surface area (Å²) < 4.78 is 0. The van der Waals surface area contributed by atoms with Crippen LogP contribution in [0.5, 0.6) is 0 Å². The number of benzene rings is 2. The van der Waals surface area contributed by atoms with Gasteiger partial charge in [-0.1, -0.05) is 36.4 Å². The number of rotatable bonds is 7. The van der Waals surface area contributed by atoms with Crippen LogP contribution in [-0.2, 0) is 0 Å². The third-order valence-electron chi connectivity index (χ3n) is 6.09. The molecule has 4 aromatic rings. The van der Waals surface area contributed by atoms with Crippen LogP contribution in [0.15, 0.2) is 60.9 Å². The molecule has 0 bridgehead atoms. The first-order chi connectivity index (χ1) is 17.3. The van der Waals surface area contributed by atoms with Crippen LogP contribution in [0.1, 0.15) is 52.8 Å². The first-order valence-corrected chi connectivity index (χ1v) is 11.0. The first kappa shape index (κ1) is 24.2. The zero-order valence-electron chi connectivity index (χ0n) is 19.6. The van der Waals surface area contributed by atoms with E-state index in [4.69, 9.17) is 11.5 Å². The van der Waals surface area contributed by atoms with Gasteiger partial charge in [0.25, 0.3) is 11.8 Å². The second kappa shape index (κ2) is 9.71. The van der Waals surface area contributed by atoms with Crippen LogP contribution in [0, 0.1) is 13.8 Å². The molecule has 8 nitrogen and oxygen atoms in total. The maximum absolute atomic E-state index is 12.1. The number of aldehydes is 2. The number of hydrogen-bond acceptors (Lipinski definition) is 6. The van der Waals surface area contributed by atoms with Crippen molar-refractivity contribution < 1.29 is 19.2 Å². The predicted molar refractivity (Wildman–Crippen MR) is 136 cm³/mol. The molecular formula is C28H22N4O4. The lowest BCUT2D eigenvalue weighted by Crippen LogP contribution is -2.15. The lowest BCUT2D eigenvalue weighted by molar-refractivity contribution is 0.0987. The quantitative estimate of drug-likeness (QED) is 0.385. The Hall–Kier alpha value is -4.98. The van der Waals surface area contributed by atoms with Crippen LogP contribution >= 0.6 is 0 Å². The SMILES string of the molecule is Cc1c(-c2cc(C=O)cnc2C(N)=O)cccc1-c1cccc(-c2cc(C=O)cnc2C(N)=O)c1C. The number of nitrogens with zero attached hydrogens (tertiary/aromatic N) is 2. The van der Waals surface area contributed by atoms with Crippen molar-refractivity contribution in [3.8, 4) is 33.4 Å². The molecule has 4 N–H and O–H groups in total. The Bertz CT molecular complexity index is 1440. The summed E-state index contributed by atoms with van der Waals surface area (Å²) in [7, 11) is 0. The van der Waals surface area contributed by atoms with Crippen LogP contribution in [-0.4, -0.2) is 34.4 Å². The highest BCUT2D eigenvalue weighted by Crippen LogP contribution is 2.38. The van der Waals surface area contributed by atoms with E-state index in [0.29, 0.717) is 46.0 Å². The minimum absolute atomic E-state index is 0.0641. The third-order valence-corrected chi connectivity index (χ3v) is 6.09. The van der Waals surface area contributed by atoms with Crippen molar-refractivity contribution in [1.82, 2.24) is 9.97 Å². The molecule has 0 unspecified atom stereocenters. The molecule has 2 aromatic carbocycles. The topological polar surface area (TPSA) is 146 Å². The van der Waals surface area contributed by atoms with E-state index in [2.05, 4.69) is 9.97 Å². The molecule has 0 aliphatic heterocycles. The van der Waals surface area contributed by atoms with Gasteiger partial charge in [0.2, 0.25) is 0 Å². The minimum atomic E-state index is -0.702. The van der Waals surface area contributed by atoms with Gasteiger partial charge in [0.1, 0.15) is 11.4 Å². The maximum Gasteiger partial charge on any atom is 0.267 e. The highest BCUT2D eigenvalue weighted by atomic mass is 16.1. The van der Waals surface area contributed by atoms with Crippen molar-refractivity contribution in [2.24, 2.45) is 11.5 Å². The van der Waals surface area contributed by atoms with Crippen molar-refractivity contribution in [2.75, 3.05) is 0 Å². The summed E-state index contributed by atoms with van der Waals surface area (Å²) in [6.07, 6.45) is 3.93. The summed E-state index contributed by atoms with van der Waals surface area (Å²) in [6, 6.07) is 14.4. The number of amides is 2. The van der Waals surface area contributed by atoms with Crippen molar-refractivity contribution in [3.63, 3.8) is 0 Å². The normalized spacial score (nSPS) is 10.6. The van der Waals surface area contributed by atoms with Gasteiger partial charge >= 0.3 is 0 Å². The van der Waals surface area contributed by atoms with Crippen molar-refractivity contribution >= 4 is 24.4 Å². The van der Waals surface area contributed by atoms with E-state index < -0.39 is 11.8 Å². The lowest BCUT2D eigenvalue weighted by atomic mass is 9.87. The summed E-state index contributed by atoms with van der Waals surface area (Å²) in [6.45, 7) is 3.80. The first-order valence-electron chi connectivity index (χ1n) is 11.0. The molecule has 0 saturated heterocycles. The average molecular weight is 479 g/mol. The fraction of sp³-hybridized carbons (Fsp3) is 0.0714. The Morgan fingerprint density at radius 1 is 0.639 bits per heavy atom. The van der Waals surface area contributed by atoms with Gasteiger partial charge in [-0.25, -0.2) is 9.97 Å². The summed E-state index contributed by atoms with van der Waals surface area (Å²) >= 11 is 0. The smallest absolute Gasteiger partial charge is 0.267 e. The largest absolute Gasteiger partial charge is 0.364 e. The second-order valence-electron chi connectivity index (χ2n) is 8.25. The second-order valence-corrected chi connectivity index (χ2v) is 8.25. The zero-order valence-corrected chi connectivity index (χ0v) is 19.6. The fourth-order valence-corrected chi connectivity index (χ4v) is 4.33. The molecule has 178 valence electrons. The van der Waals surface area contributed by atoms with E-state index >= 15 is 0 Å². The van der Waals surface area contributed by atoms with Crippen LogP contribution in [0.4, 0.5) is 0 Å². The number of hydrogen-bond donors (Lipinski definition) is 2. The Morgan fingerprint density at radius 2 is 0.972 bits per heavy atom. The predicted octanol–water partition coefficient (Wildman–Crippen LogP) is 3.92. The summed E-state index contributed by atoms with van der Waals surface area (Å²) in [5, 5.41) is 0. The van der Waals surface area contributed by atoms with E-state index in [0.717, 1.165) is 22.3 Å². The molecule has 0 saturated carbocycles. The van der Waals surface area contributed by atoms with Crippen molar-refractivity contribution in [3.05, 3.63) is 94.6 Å². The Morgan fingerprint density at radius 3 is 1.28 bits per heavy atom. The molecular weight excluding hydrogens is 456 g/mol. The van der Waals surface area contributed by atoms with E-state index in [1.54, 1.807) is 12.1 Å². The monoisotopic (exact) mass is 478 g/mol. The molecule has 0 radical (unpaired) electrons. The number of pyridine rings is 2. The van der Waals surface area contributed by atoms with Gasteiger partial charge in [-0.05, 0) is 59.4 Å². The molecule has 2 aromatic heterocycles. The Kier molecular flexibility index (Phi) is 6.52. The van der Waals surface area contributed by atoms with E-state index in [9.17, 15) is 19.2 Å². The summed E-state index contributed by atoms with van der Waals surface area (Å²) in [4.78, 5) is 55.0. The van der Waals surface area contributed by atoms with Gasteiger partial charge in [-0.3, -0.25) is 19.2 Å². The molecule has 0 aliphatic carbocycles. The molecule has 2 amide bonds. The molecule has 8 heteroatoms. The standard InChI is InChI=1S/C28H22N4O4/c1-15-19(5-3-7-21(15)23-9-17(13-33)11-31-25(23)27(29)35)20-6-4-8-22(16(20)2)24-10-18(14-34)12-32-26(24)28(30)36/h3-14H,1-2H3,(H2,29,35)(H2,30,36). The van der Waals surface area contributed by atoms with Gasteiger partial charge in [-0.15, -0.1) is 0 Å². The van der Waals surface area contributed by atoms with Crippen molar-refractivity contribution in [2.45, 2.75) is 13.8 Å². The van der Waals surface area contributed by atoms with Gasteiger partial charge < -0.3 is 11.5 Å². The highest BCUT2D eigenvalue weighted by molar-refractivity contribution is 6.01. The summed E-state index contributed by atoms with van der Waals surface area (Å²) in [5.41, 5.74) is 17.6. The maximum atomic E-state index is 12.1. The molecule has 36 heavy (non-hydrogen) atoms. The molecule has 4 rings (SSSR count).